The van der Waals surface area contributed by atoms with E-state index in [0.717, 1.165) is 48.7 Å². The SMILES string of the molecule is CC(C)(C)OC(=O)C=Cc1ccc(Cc2nc(-c3ccccc3)c(CN3CCCCC3)[nH]2)cc1. The summed E-state index contributed by atoms with van der Waals surface area (Å²) < 4.78 is 5.32. The number of piperidine rings is 1. The Bertz CT molecular complexity index is 1100. The highest BCUT2D eigenvalue weighted by molar-refractivity contribution is 5.87. The fourth-order valence-corrected chi connectivity index (χ4v) is 4.28. The molecule has 1 saturated heterocycles. The normalized spacial score (nSPS) is 15.0. The van der Waals surface area contributed by atoms with Crippen LogP contribution in [0.25, 0.3) is 17.3 Å². The Morgan fingerprint density at radius 3 is 2.41 bits per heavy atom. The van der Waals surface area contributed by atoms with Gasteiger partial charge in [0.2, 0.25) is 0 Å². The molecule has 2 heterocycles. The van der Waals surface area contributed by atoms with Crippen molar-refractivity contribution in [1.82, 2.24) is 14.9 Å². The molecule has 1 fully saturated rings. The Morgan fingerprint density at radius 2 is 1.74 bits per heavy atom. The number of imidazole rings is 1. The highest BCUT2D eigenvalue weighted by Gasteiger charge is 2.17. The molecule has 34 heavy (non-hydrogen) atoms. The van der Waals surface area contributed by atoms with E-state index >= 15 is 0 Å². The molecule has 5 heteroatoms. The average Bonchev–Trinajstić information content (AvgIpc) is 3.21. The van der Waals surface area contributed by atoms with Crippen LogP contribution in [-0.4, -0.2) is 39.5 Å². The highest BCUT2D eigenvalue weighted by Crippen LogP contribution is 2.25. The van der Waals surface area contributed by atoms with E-state index in [4.69, 9.17) is 9.72 Å². The van der Waals surface area contributed by atoms with Gasteiger partial charge in [-0.3, -0.25) is 4.90 Å². The van der Waals surface area contributed by atoms with Gasteiger partial charge in [-0.1, -0.05) is 61.0 Å². The predicted octanol–water partition coefficient (Wildman–Crippen LogP) is 6.01. The summed E-state index contributed by atoms with van der Waals surface area (Å²) in [6.07, 6.45) is 7.88. The van der Waals surface area contributed by atoms with Crippen LogP contribution in [0.5, 0.6) is 0 Å². The summed E-state index contributed by atoms with van der Waals surface area (Å²) in [7, 11) is 0. The third-order valence-corrected chi connectivity index (χ3v) is 5.88. The third-order valence-electron chi connectivity index (χ3n) is 5.88. The van der Waals surface area contributed by atoms with Crippen molar-refractivity contribution in [3.63, 3.8) is 0 Å². The maximum atomic E-state index is 11.9. The van der Waals surface area contributed by atoms with Gasteiger partial charge in [0.1, 0.15) is 11.4 Å². The number of carbonyl (C=O) groups is 1. The predicted molar refractivity (Wildman–Crippen MR) is 137 cm³/mol. The minimum absolute atomic E-state index is 0.332. The monoisotopic (exact) mass is 457 g/mol. The first-order chi connectivity index (χ1) is 16.4. The second kappa shape index (κ2) is 10.8. The lowest BCUT2D eigenvalue weighted by atomic mass is 10.1. The third kappa shape index (κ3) is 6.91. The largest absolute Gasteiger partial charge is 0.457 e. The molecule has 5 nitrogen and oxygen atoms in total. The lowest BCUT2D eigenvalue weighted by Gasteiger charge is -2.26. The lowest BCUT2D eigenvalue weighted by molar-refractivity contribution is -0.148. The van der Waals surface area contributed by atoms with E-state index in [1.54, 1.807) is 6.08 Å². The summed E-state index contributed by atoms with van der Waals surface area (Å²) >= 11 is 0. The fourth-order valence-electron chi connectivity index (χ4n) is 4.28. The molecule has 0 amide bonds. The Labute approximate surface area is 202 Å². The molecule has 0 bridgehead atoms. The zero-order valence-electron chi connectivity index (χ0n) is 20.5. The molecule has 1 aliphatic rings. The zero-order valence-corrected chi connectivity index (χ0v) is 20.5. The summed E-state index contributed by atoms with van der Waals surface area (Å²) in [5.41, 5.74) is 5.05. The van der Waals surface area contributed by atoms with E-state index < -0.39 is 5.60 Å². The van der Waals surface area contributed by atoms with Gasteiger partial charge in [0.25, 0.3) is 0 Å². The van der Waals surface area contributed by atoms with Crippen molar-refractivity contribution >= 4 is 12.0 Å². The molecular formula is C29H35N3O2. The Hall–Kier alpha value is -3.18. The van der Waals surface area contributed by atoms with Gasteiger partial charge in [0, 0.05) is 24.6 Å². The van der Waals surface area contributed by atoms with Gasteiger partial charge in [-0.15, -0.1) is 0 Å². The number of nitrogens with zero attached hydrogens (tertiary/aromatic N) is 2. The van der Waals surface area contributed by atoms with Gasteiger partial charge in [-0.05, 0) is 63.9 Å². The second-order valence-corrected chi connectivity index (χ2v) is 10.00. The molecule has 2 aromatic carbocycles. The zero-order chi connectivity index (χ0) is 24.0. The number of H-pyrrole nitrogens is 1. The fraction of sp³-hybridized carbons (Fsp3) is 0.379. The van der Waals surface area contributed by atoms with Crippen molar-refractivity contribution in [2.75, 3.05) is 13.1 Å². The van der Waals surface area contributed by atoms with Gasteiger partial charge in [0.05, 0.1) is 11.4 Å². The highest BCUT2D eigenvalue weighted by atomic mass is 16.6. The average molecular weight is 458 g/mol. The first kappa shape index (κ1) is 24.0. The topological polar surface area (TPSA) is 58.2 Å². The van der Waals surface area contributed by atoms with Crippen LogP contribution in [0.4, 0.5) is 0 Å². The molecule has 0 unspecified atom stereocenters. The number of esters is 1. The van der Waals surface area contributed by atoms with Crippen molar-refractivity contribution < 1.29 is 9.53 Å². The number of rotatable bonds is 7. The van der Waals surface area contributed by atoms with Crippen LogP contribution < -0.4 is 0 Å². The van der Waals surface area contributed by atoms with Gasteiger partial charge in [0.15, 0.2) is 0 Å². The number of hydrogen-bond acceptors (Lipinski definition) is 4. The summed E-state index contributed by atoms with van der Waals surface area (Å²) in [6, 6.07) is 18.7. The number of aromatic amines is 1. The van der Waals surface area contributed by atoms with Crippen molar-refractivity contribution in [3.8, 4) is 11.3 Å². The minimum atomic E-state index is -0.486. The lowest BCUT2D eigenvalue weighted by Crippen LogP contribution is -2.29. The van der Waals surface area contributed by atoms with Gasteiger partial charge in [-0.2, -0.15) is 0 Å². The van der Waals surface area contributed by atoms with E-state index in [2.05, 4.69) is 46.3 Å². The van der Waals surface area contributed by atoms with Crippen LogP contribution in [0.15, 0.2) is 60.7 Å². The molecule has 1 aliphatic heterocycles. The Morgan fingerprint density at radius 1 is 1.03 bits per heavy atom. The van der Waals surface area contributed by atoms with Crippen molar-refractivity contribution in [1.29, 1.82) is 0 Å². The van der Waals surface area contributed by atoms with E-state index in [1.807, 2.05) is 39.0 Å². The van der Waals surface area contributed by atoms with E-state index in [0.29, 0.717) is 0 Å². The molecule has 0 aliphatic carbocycles. The smallest absolute Gasteiger partial charge is 0.331 e. The standard InChI is InChI=1S/C29H35N3O2/c1-29(2,3)34-27(33)17-16-22-12-14-23(15-13-22)20-26-30-25(21-32-18-8-5-9-19-32)28(31-26)24-10-6-4-7-11-24/h4,6-7,10-17H,5,8-9,18-21H2,1-3H3,(H,30,31). The van der Waals surface area contributed by atoms with Crippen molar-refractivity contribution in [3.05, 3.63) is 83.3 Å². The molecule has 3 aromatic rings. The molecule has 1 N–H and O–H groups in total. The van der Waals surface area contributed by atoms with Gasteiger partial charge < -0.3 is 9.72 Å². The summed E-state index contributed by atoms with van der Waals surface area (Å²) in [5.74, 6) is 0.643. The van der Waals surface area contributed by atoms with Crippen LogP contribution in [0.1, 0.15) is 62.7 Å². The first-order valence-electron chi connectivity index (χ1n) is 12.2. The van der Waals surface area contributed by atoms with Crippen LogP contribution >= 0.6 is 0 Å². The van der Waals surface area contributed by atoms with Crippen LogP contribution in [0.2, 0.25) is 0 Å². The van der Waals surface area contributed by atoms with E-state index in [1.165, 1.54) is 36.6 Å². The molecule has 0 radical (unpaired) electrons. The Balaban J connectivity index is 1.47. The van der Waals surface area contributed by atoms with Crippen molar-refractivity contribution in [2.24, 2.45) is 0 Å². The summed E-state index contributed by atoms with van der Waals surface area (Å²) in [6.45, 7) is 8.81. The minimum Gasteiger partial charge on any atom is -0.457 e. The summed E-state index contributed by atoms with van der Waals surface area (Å²) in [5, 5.41) is 0. The number of benzene rings is 2. The molecule has 0 saturated carbocycles. The van der Waals surface area contributed by atoms with Crippen LogP contribution in [0, 0.1) is 0 Å². The molecule has 0 atom stereocenters. The number of likely N-dealkylation sites (tertiary alicyclic amines) is 1. The van der Waals surface area contributed by atoms with E-state index in [-0.39, 0.29) is 5.97 Å². The first-order valence-corrected chi connectivity index (χ1v) is 12.2. The molecule has 1 aromatic heterocycles. The van der Waals surface area contributed by atoms with Crippen molar-refractivity contribution in [2.45, 2.75) is 58.6 Å². The molecule has 178 valence electrons. The number of aromatic nitrogens is 2. The number of nitrogens with one attached hydrogen (secondary N) is 1. The van der Waals surface area contributed by atoms with Gasteiger partial charge >= 0.3 is 5.97 Å². The number of ether oxygens (including phenoxy) is 1. The molecular weight excluding hydrogens is 422 g/mol. The number of hydrogen-bond donors (Lipinski definition) is 1. The second-order valence-electron chi connectivity index (χ2n) is 10.00. The van der Waals surface area contributed by atoms with Crippen LogP contribution in [0.3, 0.4) is 0 Å². The molecule has 0 spiro atoms. The van der Waals surface area contributed by atoms with Crippen LogP contribution in [-0.2, 0) is 22.5 Å². The Kier molecular flexibility index (Phi) is 7.63. The molecule has 4 rings (SSSR count). The number of carbonyl (C=O) groups excluding carboxylic acids is 1. The summed E-state index contributed by atoms with van der Waals surface area (Å²) in [4.78, 5) is 23.1. The van der Waals surface area contributed by atoms with Gasteiger partial charge in [-0.25, -0.2) is 9.78 Å². The maximum Gasteiger partial charge on any atom is 0.331 e. The quantitative estimate of drug-likeness (QED) is 0.349. The maximum absolute atomic E-state index is 11.9. The van der Waals surface area contributed by atoms with E-state index in [9.17, 15) is 4.79 Å².